The topological polar surface area (TPSA) is 76.2 Å². The van der Waals surface area contributed by atoms with Gasteiger partial charge in [-0.1, -0.05) is 12.1 Å². The summed E-state index contributed by atoms with van der Waals surface area (Å²) in [6.07, 6.45) is 2.39. The van der Waals surface area contributed by atoms with Gasteiger partial charge in [-0.3, -0.25) is 9.89 Å². The SMILES string of the molecule is COc1ccccc1OCC(=O)NCCc1ccn[nH]1. The molecule has 6 heteroatoms. The molecule has 2 aromatic rings. The van der Waals surface area contributed by atoms with Crippen LogP contribution in [-0.4, -0.2) is 36.4 Å². The average molecular weight is 275 g/mol. The Kier molecular flexibility index (Phi) is 5.00. The van der Waals surface area contributed by atoms with Crippen LogP contribution in [0.15, 0.2) is 36.5 Å². The first-order chi connectivity index (χ1) is 9.79. The highest BCUT2D eigenvalue weighted by atomic mass is 16.5. The molecular weight excluding hydrogens is 258 g/mol. The summed E-state index contributed by atoms with van der Waals surface area (Å²) in [5.41, 5.74) is 0.982. The summed E-state index contributed by atoms with van der Waals surface area (Å²) in [5.74, 6) is 0.992. The van der Waals surface area contributed by atoms with Crippen LogP contribution in [0.3, 0.4) is 0 Å². The number of methoxy groups -OCH3 is 1. The van der Waals surface area contributed by atoms with Crippen LogP contribution in [0.25, 0.3) is 0 Å². The molecule has 0 aliphatic rings. The number of carbonyl (C=O) groups excluding carboxylic acids is 1. The molecule has 106 valence electrons. The van der Waals surface area contributed by atoms with Crippen molar-refractivity contribution in [1.29, 1.82) is 0 Å². The first kappa shape index (κ1) is 13.9. The summed E-state index contributed by atoms with van der Waals surface area (Å²) < 4.78 is 10.6. The van der Waals surface area contributed by atoms with Crippen LogP contribution >= 0.6 is 0 Å². The number of rotatable bonds is 7. The molecule has 1 aromatic carbocycles. The van der Waals surface area contributed by atoms with Crippen molar-refractivity contribution in [3.05, 3.63) is 42.2 Å². The number of hydrogen-bond acceptors (Lipinski definition) is 4. The predicted molar refractivity (Wildman–Crippen MR) is 73.8 cm³/mol. The van der Waals surface area contributed by atoms with Gasteiger partial charge in [0, 0.05) is 24.9 Å². The van der Waals surface area contributed by atoms with Crippen molar-refractivity contribution in [3.8, 4) is 11.5 Å². The molecule has 0 saturated heterocycles. The van der Waals surface area contributed by atoms with E-state index < -0.39 is 0 Å². The lowest BCUT2D eigenvalue weighted by molar-refractivity contribution is -0.123. The van der Waals surface area contributed by atoms with Crippen LogP contribution in [0.2, 0.25) is 0 Å². The second-order valence-electron chi connectivity index (χ2n) is 4.12. The third kappa shape index (κ3) is 4.01. The Bertz CT molecular complexity index is 540. The van der Waals surface area contributed by atoms with E-state index in [1.54, 1.807) is 25.4 Å². The Balaban J connectivity index is 1.72. The molecular formula is C14H17N3O3. The van der Waals surface area contributed by atoms with Gasteiger partial charge in [0.25, 0.3) is 5.91 Å². The summed E-state index contributed by atoms with van der Waals surface area (Å²) in [6.45, 7) is 0.500. The van der Waals surface area contributed by atoms with Crippen molar-refractivity contribution in [2.45, 2.75) is 6.42 Å². The predicted octanol–water partition coefficient (Wildman–Crippen LogP) is 1.16. The number of nitrogens with one attached hydrogen (secondary N) is 2. The van der Waals surface area contributed by atoms with Gasteiger partial charge in [-0.25, -0.2) is 0 Å². The highest BCUT2D eigenvalue weighted by Crippen LogP contribution is 2.25. The van der Waals surface area contributed by atoms with Crippen molar-refractivity contribution >= 4 is 5.91 Å². The summed E-state index contributed by atoms with van der Waals surface area (Å²) in [5, 5.41) is 9.45. The van der Waals surface area contributed by atoms with Gasteiger partial charge >= 0.3 is 0 Å². The van der Waals surface area contributed by atoms with Crippen molar-refractivity contribution in [3.63, 3.8) is 0 Å². The summed E-state index contributed by atoms with van der Waals surface area (Å²) in [6, 6.07) is 9.09. The van der Waals surface area contributed by atoms with Crippen LogP contribution in [-0.2, 0) is 11.2 Å². The number of nitrogens with zero attached hydrogens (tertiary/aromatic N) is 1. The fourth-order valence-corrected chi connectivity index (χ4v) is 1.69. The number of aromatic nitrogens is 2. The molecule has 1 aromatic heterocycles. The van der Waals surface area contributed by atoms with Crippen molar-refractivity contribution in [2.75, 3.05) is 20.3 Å². The number of amides is 1. The molecule has 1 amide bonds. The van der Waals surface area contributed by atoms with Crippen molar-refractivity contribution in [1.82, 2.24) is 15.5 Å². The monoisotopic (exact) mass is 275 g/mol. The van der Waals surface area contributed by atoms with Crippen molar-refractivity contribution < 1.29 is 14.3 Å². The smallest absolute Gasteiger partial charge is 0.257 e. The number of carbonyl (C=O) groups is 1. The minimum Gasteiger partial charge on any atom is -0.493 e. The van der Waals surface area contributed by atoms with E-state index in [0.29, 0.717) is 24.5 Å². The molecule has 0 aliphatic carbocycles. The summed E-state index contributed by atoms with van der Waals surface area (Å²) in [7, 11) is 1.56. The summed E-state index contributed by atoms with van der Waals surface area (Å²) >= 11 is 0. The van der Waals surface area contributed by atoms with Gasteiger partial charge in [0.05, 0.1) is 7.11 Å². The molecule has 2 N–H and O–H groups in total. The van der Waals surface area contributed by atoms with Gasteiger partial charge < -0.3 is 14.8 Å². The zero-order chi connectivity index (χ0) is 14.2. The molecule has 0 saturated carbocycles. The standard InChI is InChI=1S/C14H17N3O3/c1-19-12-4-2-3-5-13(12)20-10-14(18)15-8-6-11-7-9-16-17-11/h2-5,7,9H,6,8,10H2,1H3,(H,15,18)(H,16,17). The quantitative estimate of drug-likeness (QED) is 0.795. The number of benzene rings is 1. The third-order valence-electron chi connectivity index (χ3n) is 2.70. The number of ether oxygens (including phenoxy) is 2. The number of H-pyrrole nitrogens is 1. The highest BCUT2D eigenvalue weighted by Gasteiger charge is 2.06. The Hall–Kier alpha value is -2.50. The van der Waals surface area contributed by atoms with Crippen LogP contribution in [0.5, 0.6) is 11.5 Å². The lowest BCUT2D eigenvalue weighted by Crippen LogP contribution is -2.30. The zero-order valence-corrected chi connectivity index (χ0v) is 11.3. The Morgan fingerprint density at radius 1 is 1.30 bits per heavy atom. The van der Waals surface area contributed by atoms with E-state index in [9.17, 15) is 4.79 Å². The van der Waals surface area contributed by atoms with E-state index in [4.69, 9.17) is 9.47 Å². The molecule has 2 rings (SSSR count). The van der Waals surface area contributed by atoms with Gasteiger partial charge in [-0.15, -0.1) is 0 Å². The minimum absolute atomic E-state index is 0.0383. The van der Waals surface area contributed by atoms with Gasteiger partial charge in [0.1, 0.15) is 0 Å². The highest BCUT2D eigenvalue weighted by molar-refractivity contribution is 5.77. The maximum atomic E-state index is 11.6. The van der Waals surface area contributed by atoms with Gasteiger partial charge in [0.15, 0.2) is 18.1 Å². The lowest BCUT2D eigenvalue weighted by atomic mass is 10.3. The van der Waals surface area contributed by atoms with E-state index >= 15 is 0 Å². The summed E-state index contributed by atoms with van der Waals surface area (Å²) in [4.78, 5) is 11.6. The Labute approximate surface area is 117 Å². The fraction of sp³-hybridized carbons (Fsp3) is 0.286. The second-order valence-corrected chi connectivity index (χ2v) is 4.12. The van der Waals surface area contributed by atoms with Crippen LogP contribution in [0, 0.1) is 0 Å². The van der Waals surface area contributed by atoms with Crippen LogP contribution in [0.4, 0.5) is 0 Å². The zero-order valence-electron chi connectivity index (χ0n) is 11.3. The van der Waals surface area contributed by atoms with E-state index in [-0.39, 0.29) is 12.5 Å². The van der Waals surface area contributed by atoms with Crippen molar-refractivity contribution in [2.24, 2.45) is 0 Å². The van der Waals surface area contributed by atoms with E-state index in [0.717, 1.165) is 5.69 Å². The van der Waals surface area contributed by atoms with Gasteiger partial charge in [0.2, 0.25) is 0 Å². The molecule has 0 bridgehead atoms. The average Bonchev–Trinajstić information content (AvgIpc) is 2.98. The second kappa shape index (κ2) is 7.18. The molecule has 0 unspecified atom stereocenters. The molecule has 0 fully saturated rings. The van der Waals surface area contributed by atoms with Crippen LogP contribution < -0.4 is 14.8 Å². The largest absolute Gasteiger partial charge is 0.493 e. The normalized spacial score (nSPS) is 10.1. The third-order valence-corrected chi connectivity index (χ3v) is 2.70. The molecule has 0 radical (unpaired) electrons. The van der Waals surface area contributed by atoms with E-state index in [1.807, 2.05) is 18.2 Å². The van der Waals surface area contributed by atoms with E-state index in [1.165, 1.54) is 0 Å². The molecule has 6 nitrogen and oxygen atoms in total. The molecule has 0 spiro atoms. The lowest BCUT2D eigenvalue weighted by Gasteiger charge is -2.10. The molecule has 0 atom stereocenters. The van der Waals surface area contributed by atoms with E-state index in [2.05, 4.69) is 15.5 Å². The Morgan fingerprint density at radius 3 is 2.80 bits per heavy atom. The molecule has 20 heavy (non-hydrogen) atoms. The maximum absolute atomic E-state index is 11.6. The Morgan fingerprint density at radius 2 is 2.10 bits per heavy atom. The molecule has 1 heterocycles. The van der Waals surface area contributed by atoms with Gasteiger partial charge in [-0.05, 0) is 18.2 Å². The number of para-hydroxylation sites is 2. The van der Waals surface area contributed by atoms with Gasteiger partial charge in [-0.2, -0.15) is 5.10 Å². The fourth-order valence-electron chi connectivity index (χ4n) is 1.69. The first-order valence-corrected chi connectivity index (χ1v) is 6.30. The first-order valence-electron chi connectivity index (χ1n) is 6.30. The minimum atomic E-state index is -0.171. The number of hydrogen-bond donors (Lipinski definition) is 2. The van der Waals surface area contributed by atoms with Crippen LogP contribution in [0.1, 0.15) is 5.69 Å². The number of aromatic amines is 1. The maximum Gasteiger partial charge on any atom is 0.257 e. The molecule has 0 aliphatic heterocycles.